The number of furan rings is 1. The zero-order valence-electron chi connectivity index (χ0n) is 18.8. The van der Waals surface area contributed by atoms with Gasteiger partial charge in [-0.1, -0.05) is 19.9 Å². The molecule has 1 aromatic rings. The van der Waals surface area contributed by atoms with Crippen molar-refractivity contribution in [1.82, 2.24) is 0 Å². The van der Waals surface area contributed by atoms with Gasteiger partial charge in [0, 0.05) is 10.8 Å². The molecule has 0 unspecified atom stereocenters. The van der Waals surface area contributed by atoms with E-state index in [-0.39, 0.29) is 40.7 Å². The zero-order valence-corrected chi connectivity index (χ0v) is 18.8. The molecule has 2 heterocycles. The lowest BCUT2D eigenvalue weighted by molar-refractivity contribution is -0.162. The Hall–Kier alpha value is -2.14. The smallest absolute Gasteiger partial charge is 0.206 e. The molecule has 1 aliphatic heterocycles. The predicted octanol–water partition coefficient (Wildman–Crippen LogP) is 4.89. The quantitative estimate of drug-likeness (QED) is 0.652. The molecule has 6 rings (SSSR count). The van der Waals surface area contributed by atoms with E-state index < -0.39 is 21.8 Å². The number of aliphatic hydroxyl groups is 1. The Labute approximate surface area is 182 Å². The number of Topliss-reactive ketones (excluding diaryl/α,β-unsaturated/α-hetero) is 1. The molecular formula is C26H30O5. The number of hydrogen-bond donors (Lipinski definition) is 1. The average molecular weight is 423 g/mol. The second-order valence-electron chi connectivity index (χ2n) is 11.6. The summed E-state index contributed by atoms with van der Waals surface area (Å²) in [5, 5.41) is 11.4. The van der Waals surface area contributed by atoms with E-state index in [9.17, 15) is 14.7 Å². The fraction of sp³-hybridized carbons (Fsp3) is 0.615. The Balaban J connectivity index is 1.57. The van der Waals surface area contributed by atoms with Crippen molar-refractivity contribution in [2.75, 3.05) is 0 Å². The molecule has 1 spiro atoms. The molecule has 3 fully saturated rings. The number of carbonyl (C=O) groups is 2. The lowest BCUT2D eigenvalue weighted by Crippen LogP contribution is -2.66. The van der Waals surface area contributed by atoms with Crippen LogP contribution in [-0.2, 0) is 14.3 Å². The summed E-state index contributed by atoms with van der Waals surface area (Å²) in [6, 6.07) is 2.03. The number of epoxide rings is 1. The second kappa shape index (κ2) is 5.25. The Kier molecular flexibility index (Phi) is 3.31. The van der Waals surface area contributed by atoms with E-state index in [1.54, 1.807) is 12.3 Å². The number of ketones is 2. The number of hydrogen-bond acceptors (Lipinski definition) is 5. The Morgan fingerprint density at radius 3 is 2.55 bits per heavy atom. The molecule has 0 amide bonds. The van der Waals surface area contributed by atoms with Crippen LogP contribution in [0.5, 0.6) is 0 Å². The van der Waals surface area contributed by atoms with Gasteiger partial charge >= 0.3 is 0 Å². The van der Waals surface area contributed by atoms with Crippen LogP contribution >= 0.6 is 0 Å². The number of allylic oxidation sites excluding steroid dienone is 4. The number of aliphatic hydroxyl groups excluding tert-OH is 1. The highest BCUT2D eigenvalue weighted by Gasteiger charge is 2.87. The van der Waals surface area contributed by atoms with Crippen molar-refractivity contribution in [3.8, 4) is 0 Å². The van der Waals surface area contributed by atoms with Crippen LogP contribution in [-0.4, -0.2) is 28.4 Å². The monoisotopic (exact) mass is 422 g/mol. The summed E-state index contributed by atoms with van der Waals surface area (Å²) in [6.07, 6.45) is 9.76. The van der Waals surface area contributed by atoms with Crippen LogP contribution in [0.1, 0.15) is 65.4 Å². The molecule has 31 heavy (non-hydrogen) atoms. The van der Waals surface area contributed by atoms with E-state index in [2.05, 4.69) is 13.8 Å². The maximum Gasteiger partial charge on any atom is 0.206 e. The van der Waals surface area contributed by atoms with E-state index in [1.165, 1.54) is 5.56 Å². The molecule has 1 aromatic heterocycles. The van der Waals surface area contributed by atoms with Gasteiger partial charge in [0.25, 0.3) is 0 Å². The first kappa shape index (κ1) is 19.5. The summed E-state index contributed by atoms with van der Waals surface area (Å²) in [6.45, 7) is 10.0. The number of fused-ring (bicyclic) bond motifs is 3. The molecule has 0 aromatic carbocycles. The van der Waals surface area contributed by atoms with Crippen LogP contribution in [0.4, 0.5) is 0 Å². The minimum Gasteiger partial charge on any atom is -0.504 e. The summed E-state index contributed by atoms with van der Waals surface area (Å²) < 4.78 is 11.9. The highest BCUT2D eigenvalue weighted by atomic mass is 16.6. The van der Waals surface area contributed by atoms with E-state index in [1.807, 2.05) is 39.2 Å². The normalized spacial score (nSPS) is 49.4. The van der Waals surface area contributed by atoms with Gasteiger partial charge in [-0.05, 0) is 75.1 Å². The third-order valence-electron chi connectivity index (χ3n) is 10.2. The van der Waals surface area contributed by atoms with Crippen molar-refractivity contribution in [2.45, 2.75) is 71.5 Å². The molecule has 0 radical (unpaired) electrons. The molecular weight excluding hydrogens is 392 g/mol. The molecule has 0 bridgehead atoms. The van der Waals surface area contributed by atoms with Gasteiger partial charge < -0.3 is 14.3 Å². The first-order valence-corrected chi connectivity index (χ1v) is 11.4. The third kappa shape index (κ3) is 1.80. The standard InChI is InChI=1S/C26H30O5/c1-22(2)17(27)7-9-23(3)16-6-10-24(4)15(14-8-11-30-13-14)12-18-26(24,31-18)25(16,5)21(29)19(28)20(22)23/h7-9,11,13,15-16,18,28H,6,10,12H2,1-5H3/t15-,16+,18+,23+,24-,25-,26+/m1/s1. The van der Waals surface area contributed by atoms with Crippen molar-refractivity contribution in [2.24, 2.45) is 27.6 Å². The lowest BCUT2D eigenvalue weighted by atomic mass is 9.39. The molecule has 5 nitrogen and oxygen atoms in total. The van der Waals surface area contributed by atoms with E-state index >= 15 is 0 Å². The van der Waals surface area contributed by atoms with Crippen LogP contribution in [0, 0.1) is 27.6 Å². The van der Waals surface area contributed by atoms with E-state index in [4.69, 9.17) is 9.15 Å². The van der Waals surface area contributed by atoms with Gasteiger partial charge in [-0.15, -0.1) is 0 Å². The first-order chi connectivity index (χ1) is 14.5. The Morgan fingerprint density at radius 2 is 1.87 bits per heavy atom. The fourth-order valence-corrected chi connectivity index (χ4v) is 8.78. The number of rotatable bonds is 1. The molecule has 7 atom stereocenters. The fourth-order valence-electron chi connectivity index (χ4n) is 8.78. The van der Waals surface area contributed by atoms with Crippen molar-refractivity contribution in [1.29, 1.82) is 0 Å². The molecule has 5 aliphatic rings. The average Bonchev–Trinajstić information content (AvgIpc) is 3.07. The van der Waals surface area contributed by atoms with Crippen LogP contribution in [0.15, 0.2) is 46.5 Å². The van der Waals surface area contributed by atoms with Crippen molar-refractivity contribution >= 4 is 11.6 Å². The Morgan fingerprint density at radius 1 is 1.13 bits per heavy atom. The first-order valence-electron chi connectivity index (χ1n) is 11.4. The highest BCUT2D eigenvalue weighted by molar-refractivity contribution is 6.06. The largest absolute Gasteiger partial charge is 0.504 e. The van der Waals surface area contributed by atoms with Gasteiger partial charge in [-0.3, -0.25) is 9.59 Å². The van der Waals surface area contributed by atoms with Gasteiger partial charge in [0.05, 0.1) is 29.5 Å². The van der Waals surface area contributed by atoms with E-state index in [0.29, 0.717) is 5.57 Å². The van der Waals surface area contributed by atoms with Gasteiger partial charge in [0.1, 0.15) is 5.60 Å². The summed E-state index contributed by atoms with van der Waals surface area (Å²) in [7, 11) is 0. The molecule has 1 saturated heterocycles. The highest BCUT2D eigenvalue weighted by Crippen LogP contribution is 2.81. The Bertz CT molecular complexity index is 1090. The molecule has 164 valence electrons. The van der Waals surface area contributed by atoms with Gasteiger partial charge in [0.2, 0.25) is 5.78 Å². The molecule has 5 heteroatoms. The SMILES string of the molecule is CC1(C)C(=O)C=C[C@]2(C)C1=C(O)C(=O)[C@@]1(C)[C@H]2CC[C@]2(C)[C@@H](c3ccoc3)C[C@@H]3O[C@]312. The zero-order chi connectivity index (χ0) is 22.2. The summed E-state index contributed by atoms with van der Waals surface area (Å²) in [4.78, 5) is 26.7. The summed E-state index contributed by atoms with van der Waals surface area (Å²) in [5.41, 5.74) is -1.40. The third-order valence-corrected chi connectivity index (χ3v) is 10.2. The summed E-state index contributed by atoms with van der Waals surface area (Å²) in [5.74, 6) is -0.312. The van der Waals surface area contributed by atoms with Crippen molar-refractivity contribution < 1.29 is 23.8 Å². The van der Waals surface area contributed by atoms with Crippen molar-refractivity contribution in [3.63, 3.8) is 0 Å². The summed E-state index contributed by atoms with van der Waals surface area (Å²) >= 11 is 0. The molecule has 1 N–H and O–H groups in total. The predicted molar refractivity (Wildman–Crippen MR) is 113 cm³/mol. The van der Waals surface area contributed by atoms with Crippen molar-refractivity contribution in [3.05, 3.63) is 47.6 Å². The second-order valence-corrected chi connectivity index (χ2v) is 11.6. The maximum absolute atomic E-state index is 14.0. The molecule has 2 saturated carbocycles. The van der Waals surface area contributed by atoms with Crippen LogP contribution in [0.3, 0.4) is 0 Å². The van der Waals surface area contributed by atoms with Gasteiger partial charge in [-0.25, -0.2) is 0 Å². The maximum atomic E-state index is 14.0. The minimum absolute atomic E-state index is 0.00527. The lowest BCUT2D eigenvalue weighted by Gasteiger charge is -2.62. The van der Waals surface area contributed by atoms with Gasteiger partial charge in [-0.2, -0.15) is 0 Å². The van der Waals surface area contributed by atoms with Gasteiger partial charge in [0.15, 0.2) is 11.5 Å². The van der Waals surface area contributed by atoms with Crippen LogP contribution in [0.2, 0.25) is 0 Å². The van der Waals surface area contributed by atoms with E-state index in [0.717, 1.165) is 19.3 Å². The van der Waals surface area contributed by atoms with Crippen LogP contribution < -0.4 is 0 Å². The molecule has 4 aliphatic carbocycles. The minimum atomic E-state index is -0.901. The number of carbonyl (C=O) groups excluding carboxylic acids is 2. The topological polar surface area (TPSA) is 80.0 Å². The van der Waals surface area contributed by atoms with Crippen LogP contribution in [0.25, 0.3) is 0 Å². The number of ether oxygens (including phenoxy) is 1.